The minimum Gasteiger partial charge on any atom is -0.466 e. The Morgan fingerprint density at radius 3 is 2.48 bits per heavy atom. The maximum atomic E-state index is 12.4. The second kappa shape index (κ2) is 8.42. The van der Waals surface area contributed by atoms with Gasteiger partial charge in [0.05, 0.1) is 19.6 Å². The van der Waals surface area contributed by atoms with E-state index in [1.54, 1.807) is 13.0 Å². The standard InChI is InChI=1S/C16H23NO4/c1-4-21-15(19)7-8-17(9-10-18)16(20)14-6-5-12(2)13(3)11-14/h5-6,11,18H,4,7-10H2,1-3H3. The van der Waals surface area contributed by atoms with E-state index in [-0.39, 0.29) is 38.0 Å². The Morgan fingerprint density at radius 2 is 1.90 bits per heavy atom. The third-order valence-corrected chi connectivity index (χ3v) is 3.30. The van der Waals surface area contributed by atoms with E-state index in [1.807, 2.05) is 26.0 Å². The Kier molecular flexibility index (Phi) is 6.88. The number of nitrogens with zero attached hydrogens (tertiary/aromatic N) is 1. The third-order valence-electron chi connectivity index (χ3n) is 3.30. The predicted octanol–water partition coefficient (Wildman–Crippen LogP) is 1.69. The summed E-state index contributed by atoms with van der Waals surface area (Å²) in [6, 6.07) is 5.48. The summed E-state index contributed by atoms with van der Waals surface area (Å²) in [5, 5.41) is 9.09. The largest absolute Gasteiger partial charge is 0.466 e. The molecule has 0 unspecified atom stereocenters. The SMILES string of the molecule is CCOC(=O)CCN(CCO)C(=O)c1ccc(C)c(C)c1. The van der Waals surface area contributed by atoms with E-state index in [0.717, 1.165) is 11.1 Å². The molecule has 0 aromatic heterocycles. The molecule has 5 nitrogen and oxygen atoms in total. The number of amides is 1. The van der Waals surface area contributed by atoms with Crippen molar-refractivity contribution in [3.8, 4) is 0 Å². The lowest BCUT2D eigenvalue weighted by Crippen LogP contribution is -2.35. The van der Waals surface area contributed by atoms with Crippen molar-refractivity contribution in [2.24, 2.45) is 0 Å². The molecule has 1 rings (SSSR count). The molecule has 1 aromatic carbocycles. The van der Waals surface area contributed by atoms with Crippen molar-refractivity contribution in [3.05, 3.63) is 34.9 Å². The number of benzene rings is 1. The van der Waals surface area contributed by atoms with Crippen molar-refractivity contribution >= 4 is 11.9 Å². The smallest absolute Gasteiger partial charge is 0.307 e. The summed E-state index contributed by atoms with van der Waals surface area (Å²) in [6.07, 6.45) is 0.129. The van der Waals surface area contributed by atoms with Gasteiger partial charge in [0.15, 0.2) is 0 Å². The van der Waals surface area contributed by atoms with Crippen LogP contribution in [0.3, 0.4) is 0 Å². The molecule has 0 radical (unpaired) electrons. The summed E-state index contributed by atoms with van der Waals surface area (Å²) >= 11 is 0. The quantitative estimate of drug-likeness (QED) is 0.777. The molecule has 116 valence electrons. The molecule has 0 bridgehead atoms. The van der Waals surface area contributed by atoms with E-state index in [1.165, 1.54) is 4.90 Å². The molecule has 0 aliphatic rings. The molecule has 0 fully saturated rings. The Labute approximate surface area is 125 Å². The fourth-order valence-corrected chi connectivity index (χ4v) is 1.95. The number of carbonyl (C=O) groups is 2. The Balaban J connectivity index is 2.76. The van der Waals surface area contributed by atoms with Crippen LogP contribution in [0.4, 0.5) is 0 Å². The molecule has 0 heterocycles. The fourth-order valence-electron chi connectivity index (χ4n) is 1.95. The van der Waals surface area contributed by atoms with Gasteiger partial charge < -0.3 is 14.7 Å². The fraction of sp³-hybridized carbons (Fsp3) is 0.500. The zero-order valence-corrected chi connectivity index (χ0v) is 12.9. The highest BCUT2D eigenvalue weighted by atomic mass is 16.5. The van der Waals surface area contributed by atoms with Crippen molar-refractivity contribution in [2.45, 2.75) is 27.2 Å². The van der Waals surface area contributed by atoms with Crippen molar-refractivity contribution < 1.29 is 19.4 Å². The highest BCUT2D eigenvalue weighted by molar-refractivity contribution is 5.94. The number of carbonyl (C=O) groups excluding carboxylic acids is 2. The van der Waals surface area contributed by atoms with Gasteiger partial charge >= 0.3 is 5.97 Å². The number of esters is 1. The Bertz CT molecular complexity index is 499. The van der Waals surface area contributed by atoms with E-state index in [2.05, 4.69) is 0 Å². The van der Waals surface area contributed by atoms with Crippen LogP contribution in [0.15, 0.2) is 18.2 Å². The molecule has 1 aromatic rings. The van der Waals surface area contributed by atoms with Gasteiger partial charge in [-0.3, -0.25) is 9.59 Å². The molecule has 0 atom stereocenters. The van der Waals surface area contributed by atoms with Gasteiger partial charge in [-0.25, -0.2) is 0 Å². The summed E-state index contributed by atoms with van der Waals surface area (Å²) in [5.74, 6) is -0.523. The van der Waals surface area contributed by atoms with Crippen LogP contribution in [0, 0.1) is 13.8 Å². The summed E-state index contributed by atoms with van der Waals surface area (Å²) in [4.78, 5) is 25.3. The first-order chi connectivity index (χ1) is 9.99. The van der Waals surface area contributed by atoms with Crippen LogP contribution in [0.25, 0.3) is 0 Å². The number of rotatable bonds is 7. The van der Waals surface area contributed by atoms with Crippen LogP contribution < -0.4 is 0 Å². The monoisotopic (exact) mass is 293 g/mol. The van der Waals surface area contributed by atoms with Crippen LogP contribution in [0.1, 0.15) is 34.8 Å². The lowest BCUT2D eigenvalue weighted by atomic mass is 10.1. The molecular formula is C16H23NO4. The summed E-state index contributed by atoms with van der Waals surface area (Å²) in [6.45, 7) is 6.29. The molecular weight excluding hydrogens is 270 g/mol. The number of aliphatic hydroxyl groups excluding tert-OH is 1. The molecule has 21 heavy (non-hydrogen) atoms. The average molecular weight is 293 g/mol. The summed E-state index contributed by atoms with van der Waals surface area (Å²) < 4.78 is 4.85. The van der Waals surface area contributed by atoms with E-state index in [4.69, 9.17) is 9.84 Å². The average Bonchev–Trinajstić information content (AvgIpc) is 2.46. The zero-order chi connectivity index (χ0) is 15.8. The first-order valence-electron chi connectivity index (χ1n) is 7.12. The molecule has 0 aliphatic heterocycles. The van der Waals surface area contributed by atoms with Crippen molar-refractivity contribution in [3.63, 3.8) is 0 Å². The number of aliphatic hydroxyl groups is 1. The molecule has 5 heteroatoms. The molecule has 0 saturated carbocycles. The van der Waals surface area contributed by atoms with Gasteiger partial charge in [-0.1, -0.05) is 6.07 Å². The predicted molar refractivity (Wildman–Crippen MR) is 80.2 cm³/mol. The van der Waals surface area contributed by atoms with Gasteiger partial charge in [-0.2, -0.15) is 0 Å². The molecule has 1 amide bonds. The zero-order valence-electron chi connectivity index (χ0n) is 12.9. The topological polar surface area (TPSA) is 66.8 Å². The minimum absolute atomic E-state index is 0.129. The van der Waals surface area contributed by atoms with Gasteiger partial charge in [-0.15, -0.1) is 0 Å². The van der Waals surface area contributed by atoms with Crippen molar-refractivity contribution in [1.29, 1.82) is 0 Å². The highest BCUT2D eigenvalue weighted by Crippen LogP contribution is 2.12. The summed E-state index contributed by atoms with van der Waals surface area (Å²) in [7, 11) is 0. The Hall–Kier alpha value is -1.88. The van der Waals surface area contributed by atoms with Crippen LogP contribution in [0.5, 0.6) is 0 Å². The van der Waals surface area contributed by atoms with E-state index < -0.39 is 0 Å². The number of hydrogen-bond donors (Lipinski definition) is 1. The van der Waals surface area contributed by atoms with Crippen molar-refractivity contribution in [1.82, 2.24) is 4.90 Å². The van der Waals surface area contributed by atoms with E-state index in [9.17, 15) is 9.59 Å². The first kappa shape index (κ1) is 17.2. The van der Waals surface area contributed by atoms with Gasteiger partial charge in [-0.05, 0) is 44.0 Å². The second-order valence-corrected chi connectivity index (χ2v) is 4.87. The highest BCUT2D eigenvalue weighted by Gasteiger charge is 2.17. The number of ether oxygens (including phenoxy) is 1. The first-order valence-corrected chi connectivity index (χ1v) is 7.12. The van der Waals surface area contributed by atoms with Gasteiger partial charge in [0.2, 0.25) is 0 Å². The normalized spacial score (nSPS) is 10.3. The van der Waals surface area contributed by atoms with Crippen LogP contribution >= 0.6 is 0 Å². The van der Waals surface area contributed by atoms with E-state index >= 15 is 0 Å². The van der Waals surface area contributed by atoms with Gasteiger partial charge in [0, 0.05) is 18.7 Å². The molecule has 0 spiro atoms. The van der Waals surface area contributed by atoms with Crippen molar-refractivity contribution in [2.75, 3.05) is 26.3 Å². The number of aryl methyl sites for hydroxylation is 2. The molecule has 1 N–H and O–H groups in total. The van der Waals surface area contributed by atoms with Crippen LogP contribution in [-0.2, 0) is 9.53 Å². The van der Waals surface area contributed by atoms with Crippen LogP contribution in [-0.4, -0.2) is 48.2 Å². The maximum Gasteiger partial charge on any atom is 0.307 e. The number of hydrogen-bond acceptors (Lipinski definition) is 4. The maximum absolute atomic E-state index is 12.4. The summed E-state index contributed by atoms with van der Waals surface area (Å²) in [5.41, 5.74) is 2.72. The lowest BCUT2D eigenvalue weighted by molar-refractivity contribution is -0.143. The lowest BCUT2D eigenvalue weighted by Gasteiger charge is -2.21. The van der Waals surface area contributed by atoms with Crippen LogP contribution in [0.2, 0.25) is 0 Å². The van der Waals surface area contributed by atoms with Gasteiger partial charge in [0.1, 0.15) is 0 Å². The third kappa shape index (κ3) is 5.19. The Morgan fingerprint density at radius 1 is 1.19 bits per heavy atom. The van der Waals surface area contributed by atoms with E-state index in [0.29, 0.717) is 12.2 Å². The minimum atomic E-state index is -0.340. The molecule has 0 saturated heterocycles. The molecule has 0 aliphatic carbocycles. The van der Waals surface area contributed by atoms with Gasteiger partial charge in [0.25, 0.3) is 5.91 Å². The second-order valence-electron chi connectivity index (χ2n) is 4.87.